The van der Waals surface area contributed by atoms with Crippen molar-refractivity contribution in [1.29, 1.82) is 0 Å². The van der Waals surface area contributed by atoms with Gasteiger partial charge in [-0.2, -0.15) is 0 Å². The molecule has 0 aliphatic carbocycles. The molecule has 0 saturated carbocycles. The molecule has 1 atom stereocenters. The summed E-state index contributed by atoms with van der Waals surface area (Å²) in [5, 5.41) is 11.1. The fraction of sp³-hybridized carbons (Fsp3) is 0.429. The molecule has 0 heterocycles. The van der Waals surface area contributed by atoms with Crippen molar-refractivity contribution in [2.45, 2.75) is 18.7 Å². The minimum absolute atomic E-state index is 0.0893. The van der Waals surface area contributed by atoms with Crippen LogP contribution in [0.4, 0.5) is 5.69 Å². The molecule has 0 bridgehead atoms. The van der Waals surface area contributed by atoms with Gasteiger partial charge in [0.25, 0.3) is 0 Å². The fourth-order valence-electron chi connectivity index (χ4n) is 1.77. The van der Waals surface area contributed by atoms with E-state index in [0.717, 1.165) is 5.56 Å². The van der Waals surface area contributed by atoms with Gasteiger partial charge in [0.2, 0.25) is 5.91 Å². The van der Waals surface area contributed by atoms with Crippen molar-refractivity contribution in [2.75, 3.05) is 25.5 Å². The molecule has 1 rings (SSSR count). The molecule has 0 fully saturated rings. The Morgan fingerprint density at radius 1 is 1.45 bits per heavy atom. The lowest BCUT2D eigenvalue weighted by molar-refractivity contribution is -0.137. The van der Waals surface area contributed by atoms with E-state index in [0.29, 0.717) is 18.8 Å². The van der Waals surface area contributed by atoms with Crippen molar-refractivity contribution < 1.29 is 14.7 Å². The van der Waals surface area contributed by atoms with Crippen LogP contribution in [0.25, 0.3) is 0 Å². The van der Waals surface area contributed by atoms with Crippen molar-refractivity contribution in [3.8, 4) is 0 Å². The van der Waals surface area contributed by atoms with Gasteiger partial charge in [-0.25, -0.2) is 0 Å². The molecule has 110 valence electrons. The highest BCUT2D eigenvalue weighted by Crippen LogP contribution is 2.24. The number of nitrogens with zero attached hydrogens (tertiary/aromatic N) is 1. The Labute approximate surface area is 123 Å². The Balaban J connectivity index is 2.60. The maximum absolute atomic E-state index is 11.0. The Morgan fingerprint density at radius 3 is 2.75 bits per heavy atom. The van der Waals surface area contributed by atoms with Gasteiger partial charge < -0.3 is 15.3 Å². The standard InChI is InChI=1S/C14H19ClN2O3/c1-10(18)16-12-5-3-4-11(8-12)13(15)9-17(2)7-6-14(19)20/h3-5,8,13H,6-7,9H2,1-2H3,(H,16,18)(H,19,20). The summed E-state index contributed by atoms with van der Waals surface area (Å²) in [7, 11) is 1.83. The second-order valence-electron chi connectivity index (χ2n) is 4.68. The highest BCUT2D eigenvalue weighted by molar-refractivity contribution is 6.21. The average molecular weight is 299 g/mol. The van der Waals surface area contributed by atoms with Gasteiger partial charge in [-0.15, -0.1) is 11.6 Å². The number of anilines is 1. The predicted octanol–water partition coefficient (Wildman–Crippen LogP) is 2.33. The van der Waals surface area contributed by atoms with E-state index in [1.54, 1.807) is 6.07 Å². The van der Waals surface area contributed by atoms with Crippen LogP contribution in [0, 0.1) is 0 Å². The highest BCUT2D eigenvalue weighted by atomic mass is 35.5. The zero-order valence-electron chi connectivity index (χ0n) is 11.6. The first kappa shape index (κ1) is 16.5. The number of alkyl halides is 1. The molecule has 0 spiro atoms. The van der Waals surface area contributed by atoms with Gasteiger partial charge in [-0.1, -0.05) is 12.1 Å². The van der Waals surface area contributed by atoms with E-state index in [2.05, 4.69) is 5.32 Å². The summed E-state index contributed by atoms with van der Waals surface area (Å²) in [5.74, 6) is -0.956. The molecule has 20 heavy (non-hydrogen) atoms. The molecular weight excluding hydrogens is 280 g/mol. The first-order valence-corrected chi connectivity index (χ1v) is 6.74. The second kappa shape index (κ2) is 7.87. The van der Waals surface area contributed by atoms with Crippen LogP contribution in [-0.2, 0) is 9.59 Å². The van der Waals surface area contributed by atoms with E-state index >= 15 is 0 Å². The monoisotopic (exact) mass is 298 g/mol. The summed E-state index contributed by atoms with van der Waals surface area (Å²) < 4.78 is 0. The molecule has 1 aromatic carbocycles. The van der Waals surface area contributed by atoms with Crippen LogP contribution in [0.2, 0.25) is 0 Å². The fourth-order valence-corrected chi connectivity index (χ4v) is 2.14. The zero-order chi connectivity index (χ0) is 15.1. The smallest absolute Gasteiger partial charge is 0.304 e. The lowest BCUT2D eigenvalue weighted by Gasteiger charge is -2.20. The Morgan fingerprint density at radius 2 is 2.15 bits per heavy atom. The van der Waals surface area contributed by atoms with E-state index in [-0.39, 0.29) is 17.7 Å². The number of likely N-dealkylation sites (N-methyl/N-ethyl adjacent to an activating group) is 1. The van der Waals surface area contributed by atoms with Crippen LogP contribution >= 0.6 is 11.6 Å². The van der Waals surface area contributed by atoms with Crippen molar-refractivity contribution in [1.82, 2.24) is 4.90 Å². The SMILES string of the molecule is CC(=O)Nc1cccc(C(Cl)CN(C)CCC(=O)O)c1. The number of aliphatic carboxylic acids is 1. The quantitative estimate of drug-likeness (QED) is 0.758. The third kappa shape index (κ3) is 6.04. The number of halogens is 1. The number of carbonyl (C=O) groups excluding carboxylic acids is 1. The maximum atomic E-state index is 11.0. The Kier molecular flexibility index (Phi) is 6.48. The number of nitrogens with one attached hydrogen (secondary N) is 1. The lowest BCUT2D eigenvalue weighted by atomic mass is 10.1. The van der Waals surface area contributed by atoms with Crippen molar-refractivity contribution in [2.24, 2.45) is 0 Å². The van der Waals surface area contributed by atoms with Crippen LogP contribution < -0.4 is 5.32 Å². The minimum atomic E-state index is -0.823. The van der Waals surface area contributed by atoms with Crippen molar-refractivity contribution >= 4 is 29.2 Å². The van der Waals surface area contributed by atoms with Crippen LogP contribution in [0.1, 0.15) is 24.3 Å². The largest absolute Gasteiger partial charge is 0.481 e. The Bertz CT molecular complexity index is 479. The molecule has 1 amide bonds. The summed E-state index contributed by atoms with van der Waals surface area (Å²) in [6.45, 7) is 2.44. The highest BCUT2D eigenvalue weighted by Gasteiger charge is 2.12. The molecule has 2 N–H and O–H groups in total. The van der Waals surface area contributed by atoms with Gasteiger partial charge in [0.05, 0.1) is 11.8 Å². The van der Waals surface area contributed by atoms with Crippen molar-refractivity contribution in [3.05, 3.63) is 29.8 Å². The molecular formula is C14H19ClN2O3. The summed E-state index contributed by atoms with van der Waals surface area (Å²) >= 11 is 6.32. The van der Waals surface area contributed by atoms with Gasteiger partial charge in [0, 0.05) is 25.7 Å². The number of rotatable bonds is 7. The van der Waals surface area contributed by atoms with E-state index in [4.69, 9.17) is 16.7 Å². The number of carboxylic acids is 1. The Hall–Kier alpha value is -1.59. The number of hydrogen-bond acceptors (Lipinski definition) is 3. The zero-order valence-corrected chi connectivity index (χ0v) is 12.4. The average Bonchev–Trinajstić information content (AvgIpc) is 2.36. The third-order valence-electron chi connectivity index (χ3n) is 2.75. The van der Waals surface area contributed by atoms with Crippen LogP contribution in [0.3, 0.4) is 0 Å². The van der Waals surface area contributed by atoms with E-state index < -0.39 is 5.97 Å². The van der Waals surface area contributed by atoms with E-state index in [1.807, 2.05) is 30.1 Å². The normalized spacial score (nSPS) is 12.2. The molecule has 0 radical (unpaired) electrons. The van der Waals surface area contributed by atoms with Crippen molar-refractivity contribution in [3.63, 3.8) is 0 Å². The first-order chi connectivity index (χ1) is 9.38. The predicted molar refractivity (Wildman–Crippen MR) is 79.1 cm³/mol. The van der Waals surface area contributed by atoms with Gasteiger partial charge in [0.1, 0.15) is 0 Å². The molecule has 6 heteroatoms. The van der Waals surface area contributed by atoms with Gasteiger partial charge in [-0.05, 0) is 24.7 Å². The van der Waals surface area contributed by atoms with E-state index in [1.165, 1.54) is 6.92 Å². The summed E-state index contributed by atoms with van der Waals surface area (Å²) in [6.07, 6.45) is 0.0893. The lowest BCUT2D eigenvalue weighted by Crippen LogP contribution is -2.25. The molecule has 1 unspecified atom stereocenters. The number of benzene rings is 1. The number of hydrogen-bond donors (Lipinski definition) is 2. The summed E-state index contributed by atoms with van der Waals surface area (Å²) in [6, 6.07) is 7.33. The van der Waals surface area contributed by atoms with Crippen LogP contribution in [-0.4, -0.2) is 42.0 Å². The minimum Gasteiger partial charge on any atom is -0.481 e. The molecule has 1 aromatic rings. The van der Waals surface area contributed by atoms with Gasteiger partial charge >= 0.3 is 5.97 Å². The second-order valence-corrected chi connectivity index (χ2v) is 5.21. The van der Waals surface area contributed by atoms with Crippen LogP contribution in [0.15, 0.2) is 24.3 Å². The molecule has 5 nitrogen and oxygen atoms in total. The molecule has 0 aliphatic rings. The first-order valence-electron chi connectivity index (χ1n) is 6.30. The third-order valence-corrected chi connectivity index (χ3v) is 3.14. The molecule has 0 saturated heterocycles. The topological polar surface area (TPSA) is 69.6 Å². The summed E-state index contributed by atoms with van der Waals surface area (Å²) in [5.41, 5.74) is 1.59. The van der Waals surface area contributed by atoms with Gasteiger partial charge in [0.15, 0.2) is 0 Å². The molecule has 0 aromatic heterocycles. The maximum Gasteiger partial charge on any atom is 0.304 e. The van der Waals surface area contributed by atoms with E-state index in [9.17, 15) is 9.59 Å². The summed E-state index contributed by atoms with van der Waals surface area (Å²) in [4.78, 5) is 23.4. The number of carbonyl (C=O) groups is 2. The number of carboxylic acid groups (broad SMARTS) is 1. The number of amides is 1. The van der Waals surface area contributed by atoms with Crippen LogP contribution in [0.5, 0.6) is 0 Å². The molecule has 0 aliphatic heterocycles. The van der Waals surface area contributed by atoms with Gasteiger partial charge in [-0.3, -0.25) is 9.59 Å².